The maximum Gasteiger partial charge on any atom is 0.191 e. The number of guanidine groups is 1. The fourth-order valence-corrected chi connectivity index (χ4v) is 3.95. The van der Waals surface area contributed by atoms with Crippen molar-refractivity contribution in [3.63, 3.8) is 0 Å². The summed E-state index contributed by atoms with van der Waals surface area (Å²) in [7, 11) is 5.13. The van der Waals surface area contributed by atoms with Crippen molar-refractivity contribution in [3.05, 3.63) is 60.3 Å². The molecular formula is C24H31N7O2. The third kappa shape index (κ3) is 5.36. The molecule has 0 aliphatic carbocycles. The quantitative estimate of drug-likeness (QED) is 0.423. The first-order chi connectivity index (χ1) is 16.1. The molecule has 33 heavy (non-hydrogen) atoms. The topological polar surface area (TPSA) is 88.8 Å². The van der Waals surface area contributed by atoms with Gasteiger partial charge in [-0.25, -0.2) is 9.97 Å². The molecule has 9 heteroatoms. The molecule has 0 spiro atoms. The molecule has 2 aromatic heterocycles. The summed E-state index contributed by atoms with van der Waals surface area (Å²) in [6.07, 6.45) is 6.58. The number of aliphatic imine (C=N–C) groups is 1. The summed E-state index contributed by atoms with van der Waals surface area (Å²) in [6.45, 7) is 4.42. The van der Waals surface area contributed by atoms with Crippen LogP contribution in [0.4, 0.5) is 5.69 Å². The number of methoxy groups -OCH3 is 2. The number of benzene rings is 1. The number of nitrogens with one attached hydrogen (secondary N) is 2. The minimum Gasteiger partial charge on any atom is -0.497 e. The van der Waals surface area contributed by atoms with Crippen molar-refractivity contribution < 1.29 is 9.47 Å². The molecule has 0 radical (unpaired) electrons. The second-order valence-electron chi connectivity index (χ2n) is 7.94. The van der Waals surface area contributed by atoms with Gasteiger partial charge in [0.25, 0.3) is 0 Å². The summed E-state index contributed by atoms with van der Waals surface area (Å²) >= 11 is 0. The summed E-state index contributed by atoms with van der Waals surface area (Å²) < 4.78 is 12.8. The Labute approximate surface area is 194 Å². The lowest BCUT2D eigenvalue weighted by atomic mass is 10.2. The zero-order chi connectivity index (χ0) is 23.2. The number of pyridine rings is 1. The molecule has 0 amide bonds. The minimum atomic E-state index is 0.290. The molecule has 174 valence electrons. The largest absolute Gasteiger partial charge is 0.497 e. The van der Waals surface area contributed by atoms with Crippen LogP contribution in [0.5, 0.6) is 11.5 Å². The van der Waals surface area contributed by atoms with E-state index in [2.05, 4.69) is 36.6 Å². The Kier molecular flexibility index (Phi) is 6.97. The SMILES string of the molecule is CN=C(NCc1ccc(-n2ccnc2C)nc1)NC1CCN(c2cc(OC)cc(OC)c2)C1. The van der Waals surface area contributed by atoms with Crippen LogP contribution in [0.25, 0.3) is 5.82 Å². The van der Waals surface area contributed by atoms with Crippen molar-refractivity contribution in [2.45, 2.75) is 25.9 Å². The van der Waals surface area contributed by atoms with Crippen LogP contribution in [-0.2, 0) is 6.54 Å². The van der Waals surface area contributed by atoms with Crippen LogP contribution in [0.15, 0.2) is 53.9 Å². The molecule has 0 bridgehead atoms. The zero-order valence-electron chi connectivity index (χ0n) is 19.6. The summed E-state index contributed by atoms with van der Waals surface area (Å²) in [5.41, 5.74) is 2.17. The van der Waals surface area contributed by atoms with Crippen LogP contribution in [0.3, 0.4) is 0 Å². The molecule has 9 nitrogen and oxygen atoms in total. The highest BCUT2D eigenvalue weighted by Crippen LogP contribution is 2.30. The van der Waals surface area contributed by atoms with E-state index in [-0.39, 0.29) is 6.04 Å². The van der Waals surface area contributed by atoms with Gasteiger partial charge in [-0.2, -0.15) is 0 Å². The molecule has 1 unspecified atom stereocenters. The normalized spacial score (nSPS) is 16.1. The number of ether oxygens (including phenoxy) is 2. The summed E-state index contributed by atoms with van der Waals surface area (Å²) in [5, 5.41) is 6.93. The third-order valence-electron chi connectivity index (χ3n) is 5.80. The number of hydrogen-bond donors (Lipinski definition) is 2. The number of imidazole rings is 1. The van der Waals surface area contributed by atoms with Crippen molar-refractivity contribution in [2.75, 3.05) is 39.3 Å². The van der Waals surface area contributed by atoms with Gasteiger partial charge >= 0.3 is 0 Å². The van der Waals surface area contributed by atoms with Crippen LogP contribution in [-0.4, -0.2) is 60.9 Å². The molecule has 0 saturated carbocycles. The fraction of sp³-hybridized carbons (Fsp3) is 0.375. The smallest absolute Gasteiger partial charge is 0.191 e. The monoisotopic (exact) mass is 449 g/mol. The molecule has 1 aromatic carbocycles. The highest BCUT2D eigenvalue weighted by atomic mass is 16.5. The fourth-order valence-electron chi connectivity index (χ4n) is 3.95. The number of rotatable bonds is 7. The van der Waals surface area contributed by atoms with Crippen molar-refractivity contribution in [3.8, 4) is 17.3 Å². The van der Waals surface area contributed by atoms with Crippen LogP contribution in [0.2, 0.25) is 0 Å². The maximum absolute atomic E-state index is 5.41. The van der Waals surface area contributed by atoms with Gasteiger partial charge in [0.1, 0.15) is 23.1 Å². The van der Waals surface area contributed by atoms with E-state index < -0.39 is 0 Å². The molecule has 1 fully saturated rings. The lowest BCUT2D eigenvalue weighted by Crippen LogP contribution is -2.44. The Hall–Kier alpha value is -3.75. The Morgan fingerprint density at radius 2 is 1.94 bits per heavy atom. The van der Waals surface area contributed by atoms with Crippen LogP contribution < -0.4 is 25.0 Å². The average Bonchev–Trinajstić information content (AvgIpc) is 3.50. The zero-order valence-corrected chi connectivity index (χ0v) is 19.6. The van der Waals surface area contributed by atoms with Crippen molar-refractivity contribution in [1.82, 2.24) is 25.2 Å². The Morgan fingerprint density at radius 1 is 1.15 bits per heavy atom. The predicted octanol–water partition coefficient (Wildman–Crippen LogP) is 2.54. The van der Waals surface area contributed by atoms with E-state index in [1.165, 1.54) is 0 Å². The first-order valence-corrected chi connectivity index (χ1v) is 11.0. The second kappa shape index (κ2) is 10.2. The van der Waals surface area contributed by atoms with Gasteiger partial charge in [0.15, 0.2) is 5.96 Å². The average molecular weight is 450 g/mol. The first kappa shape index (κ1) is 22.4. The number of aromatic nitrogens is 3. The van der Waals surface area contributed by atoms with E-state index >= 15 is 0 Å². The summed E-state index contributed by atoms with van der Waals surface area (Å²) in [4.78, 5) is 15.5. The molecule has 1 aliphatic heterocycles. The molecule has 3 aromatic rings. The number of nitrogens with zero attached hydrogens (tertiary/aromatic N) is 5. The summed E-state index contributed by atoms with van der Waals surface area (Å²) in [5.74, 6) is 4.13. The van der Waals surface area contributed by atoms with Crippen molar-refractivity contribution in [2.24, 2.45) is 4.99 Å². The second-order valence-corrected chi connectivity index (χ2v) is 7.94. The molecular weight excluding hydrogens is 418 g/mol. The van der Waals surface area contributed by atoms with Gasteiger partial charge in [0, 0.05) is 75.2 Å². The van der Waals surface area contributed by atoms with Crippen LogP contribution >= 0.6 is 0 Å². The molecule has 4 rings (SSSR count). The van der Waals surface area contributed by atoms with Gasteiger partial charge in [0.2, 0.25) is 0 Å². The third-order valence-corrected chi connectivity index (χ3v) is 5.80. The van der Waals surface area contributed by atoms with Gasteiger partial charge in [-0.1, -0.05) is 6.07 Å². The van der Waals surface area contributed by atoms with Gasteiger partial charge < -0.3 is 25.0 Å². The maximum atomic E-state index is 5.41. The molecule has 1 atom stereocenters. The van der Waals surface area contributed by atoms with Gasteiger partial charge in [-0.15, -0.1) is 0 Å². The lowest BCUT2D eigenvalue weighted by Gasteiger charge is -2.21. The van der Waals surface area contributed by atoms with E-state index in [0.29, 0.717) is 6.54 Å². The van der Waals surface area contributed by atoms with E-state index in [4.69, 9.17) is 9.47 Å². The molecule has 3 heterocycles. The van der Waals surface area contributed by atoms with Crippen molar-refractivity contribution >= 4 is 11.6 Å². The highest BCUT2D eigenvalue weighted by molar-refractivity contribution is 5.80. The van der Waals surface area contributed by atoms with E-state index in [1.54, 1.807) is 27.5 Å². The van der Waals surface area contributed by atoms with Crippen LogP contribution in [0, 0.1) is 6.92 Å². The van der Waals surface area contributed by atoms with Gasteiger partial charge in [-0.3, -0.25) is 9.56 Å². The van der Waals surface area contributed by atoms with Crippen molar-refractivity contribution in [1.29, 1.82) is 0 Å². The first-order valence-electron chi connectivity index (χ1n) is 11.0. The Bertz CT molecular complexity index is 1070. The lowest BCUT2D eigenvalue weighted by molar-refractivity contribution is 0.394. The van der Waals surface area contributed by atoms with E-state index in [9.17, 15) is 0 Å². The molecule has 2 N–H and O–H groups in total. The standard InChI is InChI=1S/C24H31N7O2/c1-17-26-8-10-31(17)23-6-5-18(14-27-23)15-28-24(25-2)29-19-7-9-30(16-19)20-11-21(32-3)13-22(12-20)33-4/h5-6,8,10-14,19H,7,9,15-16H2,1-4H3,(H2,25,28,29). The van der Waals surface area contributed by atoms with E-state index in [0.717, 1.165) is 59.9 Å². The number of anilines is 1. The number of hydrogen-bond acceptors (Lipinski definition) is 6. The minimum absolute atomic E-state index is 0.290. The van der Waals surface area contributed by atoms with E-state index in [1.807, 2.05) is 48.1 Å². The van der Waals surface area contributed by atoms with Crippen LogP contribution in [0.1, 0.15) is 17.8 Å². The Balaban J connectivity index is 1.31. The Morgan fingerprint density at radius 3 is 2.55 bits per heavy atom. The molecule has 1 aliphatic rings. The van der Waals surface area contributed by atoms with Gasteiger partial charge in [-0.05, 0) is 25.0 Å². The number of aryl methyl sites for hydroxylation is 1. The summed E-state index contributed by atoms with van der Waals surface area (Å²) in [6, 6.07) is 10.3. The highest BCUT2D eigenvalue weighted by Gasteiger charge is 2.24. The predicted molar refractivity (Wildman–Crippen MR) is 130 cm³/mol. The van der Waals surface area contributed by atoms with Gasteiger partial charge in [0.05, 0.1) is 14.2 Å². The molecule has 1 saturated heterocycles.